The van der Waals surface area contributed by atoms with Crippen molar-refractivity contribution in [3.05, 3.63) is 36.3 Å². The molecule has 2 heterocycles. The van der Waals surface area contributed by atoms with Crippen molar-refractivity contribution in [2.75, 3.05) is 0 Å². The molecule has 3 heteroatoms. The summed E-state index contributed by atoms with van der Waals surface area (Å²) in [5.41, 5.74) is 3.30. The van der Waals surface area contributed by atoms with Gasteiger partial charge in [0.25, 0.3) is 0 Å². The van der Waals surface area contributed by atoms with Crippen molar-refractivity contribution in [2.24, 2.45) is 0 Å². The summed E-state index contributed by atoms with van der Waals surface area (Å²) in [5, 5.41) is 1.21. The summed E-state index contributed by atoms with van der Waals surface area (Å²) in [5.74, 6) is 1.09. The van der Waals surface area contributed by atoms with Gasteiger partial charge < -0.3 is 4.57 Å². The highest BCUT2D eigenvalue weighted by molar-refractivity contribution is 6.02. The maximum absolute atomic E-state index is 4.66. The van der Waals surface area contributed by atoms with Gasteiger partial charge in [-0.05, 0) is 19.4 Å². The van der Waals surface area contributed by atoms with Gasteiger partial charge in [-0.2, -0.15) is 0 Å². The van der Waals surface area contributed by atoms with E-state index in [-0.39, 0.29) is 0 Å². The average Bonchev–Trinajstić information content (AvgIpc) is 2.80. The predicted molar refractivity (Wildman–Crippen MR) is 83.9 cm³/mol. The van der Waals surface area contributed by atoms with Crippen LogP contribution in [0.2, 0.25) is 0 Å². The van der Waals surface area contributed by atoms with E-state index in [2.05, 4.69) is 46.6 Å². The van der Waals surface area contributed by atoms with E-state index in [0.29, 0.717) is 0 Å². The molecule has 0 atom stereocenters. The number of nitrogens with zero attached hydrogens (tertiary/aromatic N) is 3. The van der Waals surface area contributed by atoms with Crippen molar-refractivity contribution in [2.45, 2.75) is 46.1 Å². The standard InChI is InChI=1S/C17H21N3/c1-3-4-5-8-11-20-13(2)19-16-12-18-15-10-7-6-9-14(15)17(16)20/h6-7,9-10,12H,3-5,8,11H2,1-2H3. The van der Waals surface area contributed by atoms with Crippen LogP contribution < -0.4 is 0 Å². The molecule has 0 bridgehead atoms. The van der Waals surface area contributed by atoms with Gasteiger partial charge in [0, 0.05) is 11.9 Å². The van der Waals surface area contributed by atoms with Crippen molar-refractivity contribution in [1.29, 1.82) is 0 Å². The van der Waals surface area contributed by atoms with Crippen molar-refractivity contribution >= 4 is 21.9 Å². The van der Waals surface area contributed by atoms with Crippen LogP contribution in [0.4, 0.5) is 0 Å². The zero-order chi connectivity index (χ0) is 13.9. The molecular weight excluding hydrogens is 246 g/mol. The second-order valence-corrected chi connectivity index (χ2v) is 5.38. The first-order valence-corrected chi connectivity index (χ1v) is 7.52. The Labute approximate surface area is 119 Å². The molecule has 0 fully saturated rings. The van der Waals surface area contributed by atoms with Crippen LogP contribution >= 0.6 is 0 Å². The Morgan fingerprint density at radius 3 is 2.75 bits per heavy atom. The quantitative estimate of drug-likeness (QED) is 0.638. The first kappa shape index (κ1) is 13.1. The van der Waals surface area contributed by atoms with Crippen molar-refractivity contribution in [1.82, 2.24) is 14.5 Å². The van der Waals surface area contributed by atoms with Crippen LogP contribution in [0.15, 0.2) is 30.5 Å². The van der Waals surface area contributed by atoms with E-state index in [4.69, 9.17) is 0 Å². The Hall–Kier alpha value is -1.90. The van der Waals surface area contributed by atoms with Crippen LogP contribution in [0, 0.1) is 6.92 Å². The van der Waals surface area contributed by atoms with Gasteiger partial charge in [-0.15, -0.1) is 0 Å². The lowest BCUT2D eigenvalue weighted by molar-refractivity contribution is 0.583. The zero-order valence-electron chi connectivity index (χ0n) is 12.3. The maximum Gasteiger partial charge on any atom is 0.108 e. The molecule has 20 heavy (non-hydrogen) atoms. The van der Waals surface area contributed by atoms with Crippen LogP contribution in [0.25, 0.3) is 21.9 Å². The molecule has 3 nitrogen and oxygen atoms in total. The lowest BCUT2D eigenvalue weighted by Crippen LogP contribution is -2.01. The van der Waals surface area contributed by atoms with Crippen molar-refractivity contribution in [3.8, 4) is 0 Å². The molecule has 0 saturated heterocycles. The fourth-order valence-electron chi connectivity index (χ4n) is 2.85. The minimum absolute atomic E-state index is 1.01. The van der Waals surface area contributed by atoms with Crippen LogP contribution in [0.5, 0.6) is 0 Å². The third kappa shape index (κ3) is 2.28. The predicted octanol–water partition coefficient (Wildman–Crippen LogP) is 4.47. The topological polar surface area (TPSA) is 30.7 Å². The molecule has 1 aromatic carbocycles. The summed E-state index contributed by atoms with van der Waals surface area (Å²) in [6, 6.07) is 8.33. The zero-order valence-corrected chi connectivity index (χ0v) is 12.3. The Bertz CT molecular complexity index is 728. The Morgan fingerprint density at radius 1 is 1.05 bits per heavy atom. The number of hydrogen-bond acceptors (Lipinski definition) is 2. The van der Waals surface area contributed by atoms with E-state index >= 15 is 0 Å². The third-order valence-corrected chi connectivity index (χ3v) is 3.91. The number of imidazole rings is 1. The van der Waals surface area contributed by atoms with Crippen LogP contribution in [0.3, 0.4) is 0 Å². The van der Waals surface area contributed by atoms with E-state index < -0.39 is 0 Å². The van der Waals surface area contributed by atoms with Gasteiger partial charge in [0.15, 0.2) is 0 Å². The molecule has 0 N–H and O–H groups in total. The normalized spacial score (nSPS) is 11.5. The fraction of sp³-hybridized carbons (Fsp3) is 0.412. The average molecular weight is 267 g/mol. The number of rotatable bonds is 5. The Kier molecular flexibility index (Phi) is 3.68. The van der Waals surface area contributed by atoms with Crippen LogP contribution in [0.1, 0.15) is 38.4 Å². The smallest absolute Gasteiger partial charge is 0.108 e. The highest BCUT2D eigenvalue weighted by atomic mass is 15.1. The molecule has 3 rings (SSSR count). The second-order valence-electron chi connectivity index (χ2n) is 5.38. The molecule has 2 aromatic heterocycles. The number of aryl methyl sites for hydroxylation is 2. The van der Waals surface area contributed by atoms with Gasteiger partial charge in [0.05, 0.1) is 17.2 Å². The minimum atomic E-state index is 1.01. The SMILES string of the molecule is CCCCCCn1c(C)nc2cnc3ccccc3c21. The van der Waals surface area contributed by atoms with E-state index in [1.165, 1.54) is 36.6 Å². The number of para-hydroxylation sites is 1. The van der Waals surface area contributed by atoms with E-state index in [1.54, 1.807) is 0 Å². The van der Waals surface area contributed by atoms with Crippen molar-refractivity contribution in [3.63, 3.8) is 0 Å². The van der Waals surface area contributed by atoms with Gasteiger partial charge >= 0.3 is 0 Å². The molecule has 104 valence electrons. The molecule has 0 unspecified atom stereocenters. The summed E-state index contributed by atoms with van der Waals surface area (Å²) < 4.78 is 2.36. The molecular formula is C17H21N3. The second kappa shape index (κ2) is 5.61. The highest BCUT2D eigenvalue weighted by Gasteiger charge is 2.10. The Balaban J connectivity index is 2.05. The summed E-state index contributed by atoms with van der Waals surface area (Å²) in [7, 11) is 0. The van der Waals surface area contributed by atoms with Gasteiger partial charge in [-0.3, -0.25) is 4.98 Å². The molecule has 0 amide bonds. The third-order valence-electron chi connectivity index (χ3n) is 3.91. The van der Waals surface area contributed by atoms with E-state index in [0.717, 1.165) is 23.4 Å². The number of pyridine rings is 1. The first-order valence-electron chi connectivity index (χ1n) is 7.52. The molecule has 0 spiro atoms. The van der Waals surface area contributed by atoms with Gasteiger partial charge in [-0.25, -0.2) is 4.98 Å². The number of benzene rings is 1. The van der Waals surface area contributed by atoms with Crippen molar-refractivity contribution < 1.29 is 0 Å². The summed E-state index contributed by atoms with van der Waals surface area (Å²) in [4.78, 5) is 9.16. The van der Waals surface area contributed by atoms with Crippen LogP contribution in [-0.4, -0.2) is 14.5 Å². The van der Waals surface area contributed by atoms with E-state index in [1.807, 2.05) is 12.3 Å². The first-order chi connectivity index (χ1) is 9.81. The molecule has 3 aromatic rings. The molecule has 0 aliphatic rings. The summed E-state index contributed by atoms with van der Waals surface area (Å²) in [6.45, 7) is 5.39. The fourth-order valence-corrected chi connectivity index (χ4v) is 2.85. The van der Waals surface area contributed by atoms with Gasteiger partial charge in [0.1, 0.15) is 11.3 Å². The molecule has 0 radical (unpaired) electrons. The number of hydrogen-bond donors (Lipinski definition) is 0. The number of fused-ring (bicyclic) bond motifs is 3. The van der Waals surface area contributed by atoms with Gasteiger partial charge in [0.2, 0.25) is 0 Å². The van der Waals surface area contributed by atoms with Crippen LogP contribution in [-0.2, 0) is 6.54 Å². The minimum Gasteiger partial charge on any atom is -0.328 e. The Morgan fingerprint density at radius 2 is 1.90 bits per heavy atom. The van der Waals surface area contributed by atoms with E-state index in [9.17, 15) is 0 Å². The molecule has 0 saturated carbocycles. The molecule has 0 aliphatic carbocycles. The number of unbranched alkanes of at least 4 members (excludes halogenated alkanes) is 3. The summed E-state index contributed by atoms with van der Waals surface area (Å²) >= 11 is 0. The lowest BCUT2D eigenvalue weighted by Gasteiger charge is -2.08. The molecule has 0 aliphatic heterocycles. The summed E-state index contributed by atoms with van der Waals surface area (Å²) in [6.07, 6.45) is 6.99. The maximum atomic E-state index is 4.66. The van der Waals surface area contributed by atoms with Gasteiger partial charge in [-0.1, -0.05) is 44.4 Å². The largest absolute Gasteiger partial charge is 0.328 e. The highest BCUT2D eigenvalue weighted by Crippen LogP contribution is 2.24. The number of aromatic nitrogens is 3. The lowest BCUT2D eigenvalue weighted by atomic mass is 10.2. The monoisotopic (exact) mass is 267 g/mol.